The molecule has 122 valence electrons. The fraction of sp³-hybridized carbons (Fsp3) is 0.750. The molecule has 6 heteroatoms. The van der Waals surface area contributed by atoms with Gasteiger partial charge in [-0.3, -0.25) is 0 Å². The number of β-amino-alcohol motifs (C(OH)–C–C–N with tert-alkyl or cyclic N) is 2. The molecule has 0 aromatic carbocycles. The van der Waals surface area contributed by atoms with Gasteiger partial charge in [-0.05, 0) is 24.7 Å². The summed E-state index contributed by atoms with van der Waals surface area (Å²) in [7, 11) is 0. The summed E-state index contributed by atoms with van der Waals surface area (Å²) in [4.78, 5) is 13.0. The number of rotatable bonds is 2. The monoisotopic (exact) mass is 306 g/mol. The van der Waals surface area contributed by atoms with Crippen LogP contribution in [0.2, 0.25) is 0 Å². The Morgan fingerprint density at radius 2 is 1.36 bits per heavy atom. The molecule has 0 amide bonds. The summed E-state index contributed by atoms with van der Waals surface area (Å²) in [6.45, 7) is 7.24. The number of aliphatic hydroxyl groups is 2. The van der Waals surface area contributed by atoms with Gasteiger partial charge in [0.25, 0.3) is 0 Å². The van der Waals surface area contributed by atoms with Crippen molar-refractivity contribution in [3.05, 3.63) is 12.4 Å². The summed E-state index contributed by atoms with van der Waals surface area (Å²) >= 11 is 0. The van der Waals surface area contributed by atoms with Crippen LogP contribution in [0.4, 0.5) is 11.6 Å². The highest BCUT2D eigenvalue weighted by atomic mass is 16.3. The molecule has 1 aromatic rings. The molecule has 1 aromatic heterocycles. The number of aliphatic hydroxyl groups excluding tert-OH is 2. The topological polar surface area (TPSA) is 72.7 Å². The van der Waals surface area contributed by atoms with Gasteiger partial charge in [-0.1, -0.05) is 13.8 Å². The van der Waals surface area contributed by atoms with Crippen LogP contribution in [0, 0.1) is 11.8 Å². The lowest BCUT2D eigenvalue weighted by molar-refractivity contribution is 0.102. The number of anilines is 2. The predicted octanol–water partition coefficient (Wildman–Crippen LogP) is 0.891. The smallest absolute Gasteiger partial charge is 0.134 e. The van der Waals surface area contributed by atoms with Gasteiger partial charge in [-0.25, -0.2) is 9.97 Å². The van der Waals surface area contributed by atoms with Gasteiger partial charge in [0.15, 0.2) is 0 Å². The molecule has 2 N–H and O–H groups in total. The van der Waals surface area contributed by atoms with Gasteiger partial charge in [-0.2, -0.15) is 0 Å². The molecule has 6 nitrogen and oxygen atoms in total. The van der Waals surface area contributed by atoms with E-state index in [1.807, 2.05) is 6.07 Å². The van der Waals surface area contributed by atoms with E-state index in [0.717, 1.165) is 37.6 Å². The maximum Gasteiger partial charge on any atom is 0.134 e. The molecule has 0 saturated carbocycles. The van der Waals surface area contributed by atoms with Crippen molar-refractivity contribution in [3.8, 4) is 0 Å². The van der Waals surface area contributed by atoms with Gasteiger partial charge in [0.1, 0.15) is 18.0 Å². The van der Waals surface area contributed by atoms with Gasteiger partial charge in [0, 0.05) is 32.2 Å². The Kier molecular flexibility index (Phi) is 4.49. The molecule has 22 heavy (non-hydrogen) atoms. The molecular weight excluding hydrogens is 280 g/mol. The lowest BCUT2D eigenvalue weighted by atomic mass is 9.96. The minimum atomic E-state index is -0.301. The summed E-state index contributed by atoms with van der Waals surface area (Å²) in [5, 5.41) is 20.1. The highest BCUT2D eigenvalue weighted by Crippen LogP contribution is 2.26. The molecule has 2 saturated heterocycles. The van der Waals surface area contributed by atoms with Crippen molar-refractivity contribution in [2.24, 2.45) is 11.8 Å². The quantitative estimate of drug-likeness (QED) is 0.845. The summed E-state index contributed by atoms with van der Waals surface area (Å²) in [5.74, 6) is 2.42. The van der Waals surface area contributed by atoms with E-state index >= 15 is 0 Å². The molecule has 0 bridgehead atoms. The van der Waals surface area contributed by atoms with E-state index in [2.05, 4.69) is 33.6 Å². The van der Waals surface area contributed by atoms with Crippen molar-refractivity contribution in [1.82, 2.24) is 9.97 Å². The second-order valence-electron chi connectivity index (χ2n) is 6.79. The fourth-order valence-electron chi connectivity index (χ4n) is 3.20. The van der Waals surface area contributed by atoms with Crippen LogP contribution in [0.1, 0.15) is 26.7 Å². The zero-order valence-electron chi connectivity index (χ0n) is 13.4. The van der Waals surface area contributed by atoms with Gasteiger partial charge in [0.2, 0.25) is 0 Å². The molecule has 0 spiro atoms. The average molecular weight is 306 g/mol. The minimum absolute atomic E-state index is 0.301. The lowest BCUT2D eigenvalue weighted by Gasteiger charge is -2.37. The summed E-state index contributed by atoms with van der Waals surface area (Å²) < 4.78 is 0. The standard InChI is InChI=1S/C16H26N4O2/c1-11-3-5-19(8-13(11)21)15-7-16(18-10-17-15)20-6-4-12(2)14(22)9-20/h7,10-14,21-22H,3-6,8-9H2,1-2H3/t11-,12+,13-,14-/m0/s1. The third kappa shape index (κ3) is 3.17. The first-order valence-electron chi connectivity index (χ1n) is 8.22. The lowest BCUT2D eigenvalue weighted by Crippen LogP contribution is -2.44. The Labute approximate surface area is 131 Å². The molecular formula is C16H26N4O2. The van der Waals surface area contributed by atoms with Gasteiger partial charge in [-0.15, -0.1) is 0 Å². The Balaban J connectivity index is 1.73. The Morgan fingerprint density at radius 3 is 1.77 bits per heavy atom. The van der Waals surface area contributed by atoms with Crippen molar-refractivity contribution >= 4 is 11.6 Å². The molecule has 2 aliphatic rings. The Morgan fingerprint density at radius 1 is 0.909 bits per heavy atom. The largest absolute Gasteiger partial charge is 0.391 e. The van der Waals surface area contributed by atoms with E-state index in [-0.39, 0.29) is 12.2 Å². The number of aromatic nitrogens is 2. The second-order valence-corrected chi connectivity index (χ2v) is 6.79. The average Bonchev–Trinajstić information content (AvgIpc) is 2.53. The molecule has 2 fully saturated rings. The van der Waals surface area contributed by atoms with Crippen LogP contribution in [0.25, 0.3) is 0 Å². The van der Waals surface area contributed by atoms with Crippen LogP contribution >= 0.6 is 0 Å². The fourth-order valence-corrected chi connectivity index (χ4v) is 3.20. The Bertz CT molecular complexity index is 471. The van der Waals surface area contributed by atoms with Gasteiger partial charge < -0.3 is 20.0 Å². The maximum atomic E-state index is 10.1. The molecule has 3 rings (SSSR count). The van der Waals surface area contributed by atoms with Crippen molar-refractivity contribution in [1.29, 1.82) is 0 Å². The van der Waals surface area contributed by atoms with E-state index in [0.29, 0.717) is 24.9 Å². The van der Waals surface area contributed by atoms with Crippen molar-refractivity contribution in [2.45, 2.75) is 38.9 Å². The van der Waals surface area contributed by atoms with Crippen LogP contribution in [-0.4, -0.2) is 58.6 Å². The summed E-state index contributed by atoms with van der Waals surface area (Å²) in [6.07, 6.45) is 2.93. The predicted molar refractivity (Wildman–Crippen MR) is 86.0 cm³/mol. The third-order valence-corrected chi connectivity index (χ3v) is 5.12. The molecule has 0 unspecified atom stereocenters. The number of piperidine rings is 2. The van der Waals surface area contributed by atoms with Gasteiger partial charge >= 0.3 is 0 Å². The first-order chi connectivity index (χ1) is 10.5. The third-order valence-electron chi connectivity index (χ3n) is 5.12. The first-order valence-corrected chi connectivity index (χ1v) is 8.22. The number of nitrogens with zero attached hydrogens (tertiary/aromatic N) is 4. The number of hydrogen-bond donors (Lipinski definition) is 2. The summed E-state index contributed by atoms with van der Waals surface area (Å²) in [6, 6.07) is 1.98. The first kappa shape index (κ1) is 15.5. The molecule has 3 heterocycles. The molecule has 0 aliphatic carbocycles. The highest BCUT2D eigenvalue weighted by molar-refractivity contribution is 5.50. The normalized spacial score (nSPS) is 33.1. The van der Waals surface area contributed by atoms with E-state index < -0.39 is 0 Å². The summed E-state index contributed by atoms with van der Waals surface area (Å²) in [5.41, 5.74) is 0. The van der Waals surface area contributed by atoms with Crippen molar-refractivity contribution in [3.63, 3.8) is 0 Å². The maximum absolute atomic E-state index is 10.1. The van der Waals surface area contributed by atoms with Crippen LogP contribution in [-0.2, 0) is 0 Å². The van der Waals surface area contributed by atoms with Crippen LogP contribution in [0.3, 0.4) is 0 Å². The van der Waals surface area contributed by atoms with Crippen LogP contribution in [0.15, 0.2) is 12.4 Å². The number of hydrogen-bond acceptors (Lipinski definition) is 6. The van der Waals surface area contributed by atoms with E-state index in [9.17, 15) is 10.2 Å². The zero-order chi connectivity index (χ0) is 15.7. The van der Waals surface area contributed by atoms with E-state index in [1.54, 1.807) is 6.33 Å². The molecule has 2 aliphatic heterocycles. The molecule has 0 radical (unpaired) electrons. The van der Waals surface area contributed by atoms with Crippen LogP contribution in [0.5, 0.6) is 0 Å². The highest BCUT2D eigenvalue weighted by Gasteiger charge is 2.27. The second kappa shape index (κ2) is 6.38. The molecule has 4 atom stereocenters. The zero-order valence-corrected chi connectivity index (χ0v) is 13.4. The van der Waals surface area contributed by atoms with Crippen LogP contribution < -0.4 is 9.80 Å². The minimum Gasteiger partial charge on any atom is -0.391 e. The van der Waals surface area contributed by atoms with E-state index in [1.165, 1.54) is 0 Å². The Hall–Kier alpha value is -1.40. The SMILES string of the molecule is C[C@@H]1CCN(c2cc(N3CC[C@H](C)[C@@H](O)C3)ncn2)C[C@@H]1O. The van der Waals surface area contributed by atoms with E-state index in [4.69, 9.17) is 0 Å². The van der Waals surface area contributed by atoms with Crippen molar-refractivity contribution < 1.29 is 10.2 Å². The van der Waals surface area contributed by atoms with Gasteiger partial charge in [0.05, 0.1) is 12.2 Å². The van der Waals surface area contributed by atoms with Crippen molar-refractivity contribution in [2.75, 3.05) is 36.0 Å².